The molecule has 4 heterocycles. The Labute approximate surface area is 279 Å². The van der Waals surface area contributed by atoms with Crippen LogP contribution in [0.25, 0.3) is 28.0 Å². The maximum absolute atomic E-state index is 15.0. The largest absolute Gasteiger partial charge is 0.481 e. The van der Waals surface area contributed by atoms with Crippen LogP contribution in [0.1, 0.15) is 37.9 Å². The van der Waals surface area contributed by atoms with Crippen LogP contribution < -0.4 is 15.3 Å². The van der Waals surface area contributed by atoms with Gasteiger partial charge < -0.3 is 14.5 Å². The topological polar surface area (TPSA) is 93.5 Å². The van der Waals surface area contributed by atoms with Gasteiger partial charge in [0, 0.05) is 37.4 Å². The van der Waals surface area contributed by atoms with E-state index in [4.69, 9.17) is 21.3 Å². The molecule has 0 radical (unpaired) electrons. The van der Waals surface area contributed by atoms with Gasteiger partial charge in [0.2, 0.25) is 5.82 Å². The molecule has 1 aliphatic rings. The predicted molar refractivity (Wildman–Crippen MR) is 177 cm³/mol. The van der Waals surface area contributed by atoms with Gasteiger partial charge in [0.25, 0.3) is 5.91 Å². The minimum Gasteiger partial charge on any atom is -0.481 e. The lowest BCUT2D eigenvalue weighted by molar-refractivity contribution is -0.134. The molecule has 3 aromatic heterocycles. The van der Waals surface area contributed by atoms with Crippen molar-refractivity contribution in [2.75, 3.05) is 31.1 Å². The van der Waals surface area contributed by atoms with Crippen molar-refractivity contribution in [2.24, 2.45) is 0 Å². The van der Waals surface area contributed by atoms with Crippen LogP contribution in [0.2, 0.25) is 5.02 Å². The highest BCUT2D eigenvalue weighted by atomic mass is 35.5. The molecule has 0 bridgehead atoms. The zero-order chi connectivity index (χ0) is 34.3. The second-order valence-corrected chi connectivity index (χ2v) is 12.4. The molecule has 1 saturated heterocycles. The number of halogens is 4. The number of hydrogen-bond donors (Lipinski definition) is 0. The average molecular weight is 677 g/mol. The smallest absolute Gasteiger partial charge is 0.355 e. The number of amides is 1. The van der Waals surface area contributed by atoms with Crippen LogP contribution in [-0.2, 0) is 4.79 Å². The Balaban J connectivity index is 1.41. The maximum Gasteiger partial charge on any atom is 0.355 e. The highest BCUT2D eigenvalue weighted by molar-refractivity contribution is 6.33. The number of carbonyl (C=O) groups excluding carboxylic acids is 1. The van der Waals surface area contributed by atoms with Crippen molar-refractivity contribution < 1.29 is 22.7 Å². The van der Waals surface area contributed by atoms with Gasteiger partial charge in [-0.15, -0.1) is 0 Å². The summed E-state index contributed by atoms with van der Waals surface area (Å²) in [7, 11) is 0. The standard InChI is InChI=1S/C35H32ClF3N6O3/c1-19(2)30-32(20(3)12-13-40-30)45-34-23(16-24(36)31(41-34)22-8-5-6-9-25(22)37)33(42-35(45)47)44-15-14-43(17-21(44)4)28(46)18-48-27-11-7-10-26(38)29(27)39/h5-13,16,19,21H,14-15,17-18H2,1-4H3/t21-/m0/s1. The molecular formula is C35H32ClF3N6O3. The second-order valence-electron chi connectivity index (χ2n) is 12.0. The second kappa shape index (κ2) is 13.3. The highest BCUT2D eigenvalue weighted by Gasteiger charge is 2.31. The van der Waals surface area contributed by atoms with E-state index < -0.39 is 35.7 Å². The first-order valence-electron chi connectivity index (χ1n) is 15.4. The number of fused-ring (bicyclic) bond motifs is 1. The maximum atomic E-state index is 15.0. The fraction of sp³-hybridized carbons (Fsp3) is 0.286. The average Bonchev–Trinajstić information content (AvgIpc) is 3.05. The lowest BCUT2D eigenvalue weighted by atomic mass is 10.0. The summed E-state index contributed by atoms with van der Waals surface area (Å²) in [5.74, 6) is -3.26. The Morgan fingerprint density at radius 1 is 1.04 bits per heavy atom. The van der Waals surface area contributed by atoms with E-state index in [0.29, 0.717) is 22.6 Å². The summed E-state index contributed by atoms with van der Waals surface area (Å²) in [5.41, 5.74) is 1.93. The highest BCUT2D eigenvalue weighted by Crippen LogP contribution is 2.36. The number of aryl methyl sites for hydroxylation is 1. The van der Waals surface area contributed by atoms with Crippen molar-refractivity contribution in [3.8, 4) is 22.7 Å². The van der Waals surface area contributed by atoms with Gasteiger partial charge in [0.05, 0.1) is 27.5 Å². The van der Waals surface area contributed by atoms with Crippen LogP contribution in [0.3, 0.4) is 0 Å². The number of aromatic nitrogens is 4. The molecule has 0 N–H and O–H groups in total. The summed E-state index contributed by atoms with van der Waals surface area (Å²) in [4.78, 5) is 44.5. The Morgan fingerprint density at radius 3 is 2.52 bits per heavy atom. The number of rotatable bonds is 7. The minimum atomic E-state index is -1.16. The molecule has 2 aromatic carbocycles. The molecule has 1 aliphatic heterocycles. The fourth-order valence-corrected chi connectivity index (χ4v) is 6.23. The fourth-order valence-electron chi connectivity index (χ4n) is 5.98. The van der Waals surface area contributed by atoms with Gasteiger partial charge >= 0.3 is 5.69 Å². The Bertz CT molecular complexity index is 2110. The van der Waals surface area contributed by atoms with E-state index in [1.807, 2.05) is 32.6 Å². The number of hydrogen-bond acceptors (Lipinski definition) is 7. The number of carbonyl (C=O) groups is 1. The molecule has 1 atom stereocenters. The molecule has 9 nitrogen and oxygen atoms in total. The number of anilines is 1. The first-order valence-corrected chi connectivity index (χ1v) is 15.8. The Hall–Kier alpha value is -4.97. The van der Waals surface area contributed by atoms with E-state index in [0.717, 1.165) is 11.6 Å². The van der Waals surface area contributed by atoms with E-state index in [2.05, 4.69) is 9.97 Å². The van der Waals surface area contributed by atoms with Crippen LogP contribution in [0, 0.1) is 24.4 Å². The SMILES string of the molecule is Cc1ccnc(C(C)C)c1-n1c(=O)nc(N2CCN(C(=O)COc3cccc(F)c3F)C[C@@H]2C)c2cc(Cl)c(-c3ccccc3F)nc21. The third-order valence-corrected chi connectivity index (χ3v) is 8.66. The Kier molecular flexibility index (Phi) is 9.11. The van der Waals surface area contributed by atoms with Crippen LogP contribution in [-0.4, -0.2) is 62.6 Å². The van der Waals surface area contributed by atoms with Gasteiger partial charge in [0.15, 0.2) is 23.8 Å². The molecule has 0 saturated carbocycles. The van der Waals surface area contributed by atoms with Crippen LogP contribution >= 0.6 is 11.6 Å². The number of nitrogens with zero attached hydrogens (tertiary/aromatic N) is 6. The zero-order valence-corrected chi connectivity index (χ0v) is 27.4. The van der Waals surface area contributed by atoms with Crippen LogP contribution in [0.15, 0.2) is 65.6 Å². The van der Waals surface area contributed by atoms with E-state index in [1.54, 1.807) is 41.4 Å². The van der Waals surface area contributed by atoms with Crippen molar-refractivity contribution >= 4 is 34.4 Å². The quantitative estimate of drug-likeness (QED) is 0.195. The van der Waals surface area contributed by atoms with Crippen molar-refractivity contribution in [3.05, 3.63) is 105 Å². The lowest BCUT2D eigenvalue weighted by Gasteiger charge is -2.40. The summed E-state index contributed by atoms with van der Waals surface area (Å²) in [6.07, 6.45) is 1.68. The van der Waals surface area contributed by atoms with Crippen molar-refractivity contribution in [3.63, 3.8) is 0 Å². The summed E-state index contributed by atoms with van der Waals surface area (Å²) in [6.45, 7) is 7.94. The van der Waals surface area contributed by atoms with Gasteiger partial charge in [-0.25, -0.2) is 23.1 Å². The number of pyridine rings is 2. The number of piperazine rings is 1. The van der Waals surface area contributed by atoms with Crippen molar-refractivity contribution in [1.29, 1.82) is 0 Å². The predicted octanol–water partition coefficient (Wildman–Crippen LogP) is 6.46. The molecule has 0 unspecified atom stereocenters. The summed E-state index contributed by atoms with van der Waals surface area (Å²) < 4.78 is 49.3. The molecule has 13 heteroatoms. The van der Waals surface area contributed by atoms with Crippen molar-refractivity contribution in [1.82, 2.24) is 24.4 Å². The van der Waals surface area contributed by atoms with Gasteiger partial charge in [0.1, 0.15) is 11.6 Å². The molecule has 0 aliphatic carbocycles. The number of benzene rings is 2. The van der Waals surface area contributed by atoms with E-state index in [9.17, 15) is 18.4 Å². The minimum absolute atomic E-state index is 0.0492. The lowest BCUT2D eigenvalue weighted by Crippen LogP contribution is -2.55. The Morgan fingerprint density at radius 2 is 1.79 bits per heavy atom. The van der Waals surface area contributed by atoms with E-state index in [-0.39, 0.29) is 59.3 Å². The molecular weight excluding hydrogens is 645 g/mol. The first-order chi connectivity index (χ1) is 23.0. The first kappa shape index (κ1) is 33.0. The van der Waals surface area contributed by atoms with Crippen molar-refractivity contribution in [2.45, 2.75) is 39.7 Å². The van der Waals surface area contributed by atoms with Gasteiger partial charge in [-0.1, -0.05) is 43.6 Å². The summed E-state index contributed by atoms with van der Waals surface area (Å²) in [5, 5.41) is 0.616. The van der Waals surface area contributed by atoms with E-state index >= 15 is 4.39 Å². The molecule has 1 amide bonds. The summed E-state index contributed by atoms with van der Waals surface area (Å²) >= 11 is 6.79. The normalized spacial score (nSPS) is 15.0. The van der Waals surface area contributed by atoms with Gasteiger partial charge in [-0.05, 0) is 61.7 Å². The molecule has 6 rings (SSSR count). The molecule has 248 valence electrons. The molecule has 48 heavy (non-hydrogen) atoms. The van der Waals surface area contributed by atoms with Gasteiger partial charge in [-0.3, -0.25) is 9.78 Å². The van der Waals surface area contributed by atoms with E-state index in [1.165, 1.54) is 22.8 Å². The summed E-state index contributed by atoms with van der Waals surface area (Å²) in [6, 6.07) is 12.7. The number of ether oxygens (including phenoxy) is 1. The van der Waals surface area contributed by atoms with Crippen LogP contribution in [0.5, 0.6) is 5.75 Å². The monoisotopic (exact) mass is 676 g/mol. The molecule has 5 aromatic rings. The third-order valence-electron chi connectivity index (χ3n) is 8.37. The zero-order valence-electron chi connectivity index (χ0n) is 26.7. The van der Waals surface area contributed by atoms with Gasteiger partial charge in [-0.2, -0.15) is 9.37 Å². The van der Waals surface area contributed by atoms with Crippen LogP contribution in [0.4, 0.5) is 19.0 Å². The molecule has 0 spiro atoms. The third kappa shape index (κ3) is 6.08. The molecule has 1 fully saturated rings.